The number of imide groups is 2. The van der Waals surface area contributed by atoms with E-state index in [1.165, 1.54) is 44.7 Å². The minimum atomic E-state index is -0.425. The first-order valence-corrected chi connectivity index (χ1v) is 31.9. The smallest absolute Gasteiger partial charge is 0.587 e. The molecule has 0 bridgehead atoms. The van der Waals surface area contributed by atoms with Gasteiger partial charge in [-0.2, -0.15) is 10.2 Å². The Hall–Kier alpha value is -8.09. The summed E-state index contributed by atoms with van der Waals surface area (Å²) in [6.07, 6.45) is 12.2. The van der Waals surface area contributed by atoms with Crippen molar-refractivity contribution in [3.63, 3.8) is 0 Å². The molecule has 8 aromatic carbocycles. The fraction of sp³-hybridized carbons (Fsp3) is 0.237. The van der Waals surface area contributed by atoms with Gasteiger partial charge < -0.3 is 33.9 Å². The van der Waals surface area contributed by atoms with Crippen molar-refractivity contribution in [2.24, 2.45) is 0 Å². The van der Waals surface area contributed by atoms with Gasteiger partial charge in [0, 0.05) is 35.1 Å². The van der Waals surface area contributed by atoms with Gasteiger partial charge in [0.2, 0.25) is 0 Å². The Morgan fingerprint density at radius 2 is 0.891 bits per heavy atom. The normalized spacial score (nSPS) is 16.4. The van der Waals surface area contributed by atoms with Crippen LogP contribution in [0.3, 0.4) is 0 Å². The Balaban J connectivity index is 0.000000163. The van der Waals surface area contributed by atoms with Gasteiger partial charge in [0.15, 0.2) is 12.5 Å². The van der Waals surface area contributed by atoms with E-state index in [9.17, 15) is 19.2 Å². The molecule has 2 aromatic heterocycles. The third-order valence-electron chi connectivity index (χ3n) is 16.9. The second-order valence-corrected chi connectivity index (χ2v) is 22.9. The summed E-state index contributed by atoms with van der Waals surface area (Å²) in [4.78, 5) is 48.5. The Kier molecular flexibility index (Phi) is 22.1. The molecule has 0 aliphatic carbocycles. The van der Waals surface area contributed by atoms with E-state index in [0.29, 0.717) is 40.5 Å². The van der Waals surface area contributed by atoms with Gasteiger partial charge in [-0.05, 0) is 168 Å². The fourth-order valence-electron chi connectivity index (χ4n) is 12.4. The van der Waals surface area contributed by atoms with Gasteiger partial charge >= 0.3 is 51.4 Å². The molecule has 0 radical (unpaired) electrons. The van der Waals surface area contributed by atoms with Crippen molar-refractivity contribution in [3.05, 3.63) is 267 Å². The zero-order chi connectivity index (χ0) is 62.6. The Morgan fingerprint density at radius 3 is 1.29 bits per heavy atom. The van der Waals surface area contributed by atoms with Crippen molar-refractivity contribution >= 4 is 79.3 Å². The number of hydrogen-bond acceptors (Lipinski definition) is 10. The summed E-state index contributed by atoms with van der Waals surface area (Å²) in [5, 5.41) is 14.9. The van der Waals surface area contributed by atoms with Crippen LogP contribution in [0.4, 0.5) is 0 Å². The van der Waals surface area contributed by atoms with E-state index < -0.39 is 11.8 Å². The third kappa shape index (κ3) is 14.6. The SMILES string of the molecule is CC/C(=C(/c1ccc(OCCCl)cc1)c1ccc2c(cnn2C2CCCCO2)c1)c1ccccc1.CC/C(=C(/c1ccc(OCCN2C(=O)c3ccccc3C2=O)cc1)c1ccc2c(cnn2C2CCCCO2)c1)c1ccccc1.O=C1[N-]C(=O)c2ccccc21.[K+]. The minimum Gasteiger partial charge on any atom is -0.587 e. The molecule has 2 unspecified atom stereocenters. The number of ether oxygens (including phenoxy) is 4. The number of carbonyl (C=O) groups excluding carboxylic acids is 4. The fourth-order valence-corrected chi connectivity index (χ4v) is 12.5. The Bertz CT molecular complexity index is 4240. The zero-order valence-electron chi connectivity index (χ0n) is 52.0. The maximum Gasteiger partial charge on any atom is 1.00 e. The molecule has 0 N–H and O–H groups in total. The summed E-state index contributed by atoms with van der Waals surface area (Å²) in [7, 11) is 0. The van der Waals surface area contributed by atoms with Crippen molar-refractivity contribution in [2.45, 2.75) is 77.7 Å². The average Bonchev–Trinajstić information content (AvgIpc) is 1.46. The number of carbonyl (C=O) groups is 4. The van der Waals surface area contributed by atoms with Gasteiger partial charge in [0.05, 0.1) is 58.8 Å². The number of aromatic nitrogens is 4. The number of alkyl halides is 1. The molecule has 2 fully saturated rings. The summed E-state index contributed by atoms with van der Waals surface area (Å²) < 4.78 is 27.8. The van der Waals surface area contributed by atoms with E-state index in [-0.39, 0.29) is 88.8 Å². The maximum atomic E-state index is 12.7. The molecule has 2 saturated heterocycles. The van der Waals surface area contributed by atoms with Crippen LogP contribution in [0, 0.1) is 0 Å². The van der Waals surface area contributed by atoms with Crippen LogP contribution in [0.2, 0.25) is 0 Å². The summed E-state index contributed by atoms with van der Waals surface area (Å²) in [5.74, 6) is 0.585. The van der Waals surface area contributed by atoms with Crippen LogP contribution in [0.15, 0.2) is 207 Å². The molecule has 4 amide bonds. The van der Waals surface area contributed by atoms with Gasteiger partial charge in [-0.15, -0.1) is 11.6 Å². The van der Waals surface area contributed by atoms with Crippen molar-refractivity contribution in [2.75, 3.05) is 38.9 Å². The van der Waals surface area contributed by atoms with E-state index in [1.54, 1.807) is 48.5 Å². The Labute approximate surface area is 583 Å². The second kappa shape index (κ2) is 31.0. The maximum absolute atomic E-state index is 12.7. The molecule has 14 nitrogen and oxygen atoms in total. The van der Waals surface area contributed by atoms with Crippen molar-refractivity contribution < 1.29 is 89.5 Å². The molecule has 2 atom stereocenters. The molecule has 16 heteroatoms. The number of fused-ring (bicyclic) bond motifs is 4. The van der Waals surface area contributed by atoms with E-state index in [0.717, 1.165) is 108 Å². The van der Waals surface area contributed by atoms with Crippen LogP contribution in [0.5, 0.6) is 11.5 Å². The standard InChI is InChI=1S/C38H35N3O4.C30H31ClN2O2.C8H5NO2.K/c1-2-31(26-10-4-3-5-11-26)36(28-17-20-34-29(24-28)25-39-41(34)35-14-8-9-22-45-35)27-15-18-30(19-16-27)44-23-21-40-37(42)32-12-6-7-13-33(32)38(40)43;1-2-27(22-8-4-3-5-9-22)30(23-11-14-26(15-12-23)34-19-17-31)24-13-16-28-25(20-24)21-32-33(28)29-10-6-7-18-35-29;10-7-5-3-1-2-4-6(5)8(11)9-7;/h3-7,10-13,15-20,24-25,35H,2,8-9,14,21-23H2,1H3;3-5,8-9,11-16,20-21,29H,2,6-7,10,17-19H2,1H3;1-4H,(H,9,10,11);/q;;;+1/p-1/b36-31+;30-27+;;. The number of allylic oxidation sites excluding steroid dienone is 2. The molecule has 0 saturated carbocycles. The number of benzene rings is 8. The Morgan fingerprint density at radius 1 is 0.489 bits per heavy atom. The number of amides is 4. The second-order valence-electron chi connectivity index (χ2n) is 22.5. The van der Waals surface area contributed by atoms with Crippen LogP contribution in [-0.2, 0) is 9.47 Å². The van der Waals surface area contributed by atoms with Crippen LogP contribution < -0.4 is 60.9 Å². The molecule has 6 heterocycles. The van der Waals surface area contributed by atoms with E-state index in [1.807, 2.05) is 52.1 Å². The number of nitrogens with zero attached hydrogens (tertiary/aromatic N) is 6. The topological polar surface area (TPSA) is 158 Å². The summed E-state index contributed by atoms with van der Waals surface area (Å²) in [6.45, 7) is 6.89. The third-order valence-corrected chi connectivity index (χ3v) is 17.0. The van der Waals surface area contributed by atoms with Crippen LogP contribution in [0.25, 0.3) is 49.4 Å². The van der Waals surface area contributed by atoms with Crippen molar-refractivity contribution in [1.29, 1.82) is 0 Å². The largest absolute Gasteiger partial charge is 1.00 e. The van der Waals surface area contributed by atoms with E-state index in [2.05, 4.69) is 134 Å². The van der Waals surface area contributed by atoms with E-state index >= 15 is 0 Å². The van der Waals surface area contributed by atoms with Crippen LogP contribution in [-0.4, -0.2) is 86.9 Å². The first-order valence-electron chi connectivity index (χ1n) is 31.3. The summed E-state index contributed by atoms with van der Waals surface area (Å²) in [6, 6.07) is 64.3. The molecule has 92 heavy (non-hydrogen) atoms. The quantitative estimate of drug-likeness (QED) is 0.0372. The van der Waals surface area contributed by atoms with Gasteiger partial charge in [-0.1, -0.05) is 147 Å². The first-order chi connectivity index (χ1) is 44.7. The zero-order valence-corrected chi connectivity index (χ0v) is 55.9. The molecule has 0 spiro atoms. The molecule has 460 valence electrons. The predicted molar refractivity (Wildman–Crippen MR) is 357 cm³/mol. The molecule has 4 aliphatic heterocycles. The predicted octanol–water partition coefficient (Wildman–Crippen LogP) is 13.9. The summed E-state index contributed by atoms with van der Waals surface area (Å²) in [5.41, 5.74) is 15.8. The van der Waals surface area contributed by atoms with Crippen LogP contribution in [0.1, 0.15) is 152 Å². The van der Waals surface area contributed by atoms with Gasteiger partial charge in [0.1, 0.15) is 24.7 Å². The van der Waals surface area contributed by atoms with Crippen molar-refractivity contribution in [1.82, 2.24) is 24.5 Å². The van der Waals surface area contributed by atoms with Gasteiger partial charge in [-0.3, -0.25) is 14.5 Å². The summed E-state index contributed by atoms with van der Waals surface area (Å²) >= 11 is 5.79. The molecule has 14 rings (SSSR count). The molecular weight excluding hydrogens is 1200 g/mol. The molecular formula is C76H70ClKN6O8. The van der Waals surface area contributed by atoms with Crippen LogP contribution >= 0.6 is 11.6 Å². The molecule has 4 aliphatic rings. The monoisotopic (exact) mass is 1270 g/mol. The first kappa shape index (κ1) is 65.4. The number of rotatable bonds is 17. The molecule has 10 aromatic rings. The van der Waals surface area contributed by atoms with Gasteiger partial charge in [0.25, 0.3) is 11.8 Å². The van der Waals surface area contributed by atoms with Crippen molar-refractivity contribution in [3.8, 4) is 11.5 Å². The average molecular weight is 1270 g/mol. The minimum absolute atomic E-state index is 0. The van der Waals surface area contributed by atoms with Gasteiger partial charge in [-0.25, -0.2) is 9.36 Å². The number of hydrogen-bond donors (Lipinski definition) is 0. The van der Waals surface area contributed by atoms with E-state index in [4.69, 9.17) is 40.7 Å². The number of halogens is 1.